The van der Waals surface area contributed by atoms with Gasteiger partial charge in [0.15, 0.2) is 5.78 Å². The van der Waals surface area contributed by atoms with Crippen molar-refractivity contribution in [3.05, 3.63) is 71.8 Å². The van der Waals surface area contributed by atoms with Crippen LogP contribution in [0.3, 0.4) is 0 Å². The Morgan fingerprint density at radius 1 is 1.19 bits per heavy atom. The molecule has 137 valence electrons. The van der Waals surface area contributed by atoms with Crippen molar-refractivity contribution >= 4 is 16.7 Å². The van der Waals surface area contributed by atoms with Crippen LogP contribution < -0.4 is 0 Å². The fourth-order valence-electron chi connectivity index (χ4n) is 2.41. The van der Waals surface area contributed by atoms with Gasteiger partial charge in [0, 0.05) is 31.6 Å². The molecule has 1 radical (unpaired) electrons. The third-order valence-electron chi connectivity index (χ3n) is 3.46. The summed E-state index contributed by atoms with van der Waals surface area (Å²) >= 11 is 0. The van der Waals surface area contributed by atoms with Crippen LogP contribution in [0.2, 0.25) is 0 Å². The third-order valence-corrected chi connectivity index (χ3v) is 3.46. The van der Waals surface area contributed by atoms with E-state index in [1.807, 2.05) is 6.07 Å². The maximum Gasteiger partial charge on any atom is 0.155 e. The quantitative estimate of drug-likeness (QED) is 0.298. The number of aliphatic hydroxyl groups is 1. The topological polar surface area (TPSA) is 63.1 Å². The van der Waals surface area contributed by atoms with Gasteiger partial charge in [-0.25, -0.2) is 0 Å². The van der Waals surface area contributed by atoms with E-state index in [4.69, 9.17) is 10.1 Å². The molecule has 0 spiro atoms. The van der Waals surface area contributed by atoms with E-state index in [1.165, 1.54) is 36.4 Å². The van der Waals surface area contributed by atoms with E-state index < -0.39 is 0 Å². The monoisotopic (exact) mass is 526 g/mol. The van der Waals surface area contributed by atoms with E-state index in [1.54, 1.807) is 12.4 Å². The molecule has 0 aliphatic carbocycles. The summed E-state index contributed by atoms with van der Waals surface area (Å²) in [6.07, 6.45) is 4.69. The minimum Gasteiger partial charge on any atom is -0.512 e. The van der Waals surface area contributed by atoms with Crippen LogP contribution in [0.4, 0.5) is 0 Å². The van der Waals surface area contributed by atoms with Gasteiger partial charge in [-0.1, -0.05) is 30.6 Å². The molecule has 3 aromatic rings. The number of rotatable bonds is 2. The van der Waals surface area contributed by atoms with Crippen LogP contribution in [-0.2, 0) is 24.9 Å². The first kappa shape index (κ1) is 21.7. The second kappa shape index (κ2) is 9.95. The summed E-state index contributed by atoms with van der Waals surface area (Å²) < 4.78 is 0. The molecule has 0 bridgehead atoms. The Hall–Kier alpha value is -2.36. The molecule has 26 heavy (non-hydrogen) atoms. The zero-order valence-corrected chi connectivity index (χ0v) is 17.6. The summed E-state index contributed by atoms with van der Waals surface area (Å²) in [4.78, 5) is 18.8. The molecule has 0 atom stereocenters. The Bertz CT molecular complexity index is 918. The van der Waals surface area contributed by atoms with Gasteiger partial charge in [0.2, 0.25) is 0 Å². The maximum atomic E-state index is 10.0. The Balaban J connectivity index is 0.000000366. The van der Waals surface area contributed by atoms with Crippen molar-refractivity contribution in [3.8, 4) is 11.3 Å². The van der Waals surface area contributed by atoms with Crippen molar-refractivity contribution in [3.63, 3.8) is 0 Å². The normalized spacial score (nSPS) is 10.5. The molecule has 0 saturated carbocycles. The van der Waals surface area contributed by atoms with Gasteiger partial charge in [-0.15, -0.1) is 17.7 Å². The predicted octanol–water partition coefficient (Wildman–Crippen LogP) is 4.75. The average molecular weight is 526 g/mol. The first-order valence-electron chi connectivity index (χ1n) is 7.94. The second-order valence-electron chi connectivity index (χ2n) is 5.89. The van der Waals surface area contributed by atoms with Crippen molar-refractivity contribution in [2.75, 3.05) is 0 Å². The fraction of sp³-hybridized carbons (Fsp3) is 0.190. The Morgan fingerprint density at radius 3 is 2.46 bits per heavy atom. The number of pyridine rings is 2. The van der Waals surface area contributed by atoms with Crippen LogP contribution in [0.1, 0.15) is 25.0 Å². The number of aromatic nitrogens is 2. The number of allylic oxidation sites excluding steroid dienone is 2. The summed E-state index contributed by atoms with van der Waals surface area (Å²) in [5.74, 6) is -0.0625. The molecule has 0 aliphatic heterocycles. The minimum atomic E-state index is -0.125. The number of nitrogens with zero attached hydrogens (tertiary/aromatic N) is 2. The number of benzene rings is 1. The van der Waals surface area contributed by atoms with E-state index in [0.717, 1.165) is 16.8 Å². The molecule has 1 aromatic carbocycles. The summed E-state index contributed by atoms with van der Waals surface area (Å²) in [5, 5.41) is 9.57. The number of hydrogen-bond donors (Lipinski definition) is 1. The molecular weight excluding hydrogens is 504 g/mol. The molecular formula is C21H21IrN2O2-. The van der Waals surface area contributed by atoms with E-state index in [0.29, 0.717) is 0 Å². The predicted molar refractivity (Wildman–Crippen MR) is 100 cm³/mol. The molecule has 2 heterocycles. The Kier molecular flexibility index (Phi) is 8.30. The molecule has 0 unspecified atom stereocenters. The van der Waals surface area contributed by atoms with Crippen molar-refractivity contribution in [2.24, 2.45) is 0 Å². The molecule has 4 nitrogen and oxygen atoms in total. The van der Waals surface area contributed by atoms with Gasteiger partial charge in [0.05, 0.1) is 11.3 Å². The molecule has 1 N–H and O–H groups in total. The smallest absolute Gasteiger partial charge is 0.155 e. The van der Waals surface area contributed by atoms with Gasteiger partial charge in [-0.2, -0.15) is 0 Å². The maximum absolute atomic E-state index is 10.0. The molecule has 0 saturated heterocycles. The van der Waals surface area contributed by atoms with Crippen molar-refractivity contribution < 1.29 is 30.0 Å². The van der Waals surface area contributed by atoms with Crippen molar-refractivity contribution in [1.82, 2.24) is 9.97 Å². The third kappa shape index (κ3) is 6.17. The van der Waals surface area contributed by atoms with E-state index in [2.05, 4.69) is 49.2 Å². The van der Waals surface area contributed by atoms with Gasteiger partial charge in [0.25, 0.3) is 0 Å². The zero-order chi connectivity index (χ0) is 18.4. The number of aryl methyl sites for hydroxylation is 2. The molecule has 2 aromatic heterocycles. The Labute approximate surface area is 167 Å². The summed E-state index contributed by atoms with van der Waals surface area (Å²) in [6.45, 7) is 7.04. The van der Waals surface area contributed by atoms with Crippen molar-refractivity contribution in [1.29, 1.82) is 0 Å². The summed E-state index contributed by atoms with van der Waals surface area (Å²) in [7, 11) is 0. The zero-order valence-electron chi connectivity index (χ0n) is 15.2. The fourth-order valence-corrected chi connectivity index (χ4v) is 2.41. The Morgan fingerprint density at radius 2 is 1.92 bits per heavy atom. The molecule has 0 aliphatic rings. The van der Waals surface area contributed by atoms with Crippen LogP contribution in [0.25, 0.3) is 22.2 Å². The van der Waals surface area contributed by atoms with E-state index >= 15 is 0 Å². The van der Waals surface area contributed by atoms with Gasteiger partial charge < -0.3 is 10.1 Å². The molecule has 3 rings (SSSR count). The van der Waals surface area contributed by atoms with Crippen LogP contribution in [-0.4, -0.2) is 20.9 Å². The first-order chi connectivity index (χ1) is 11.9. The van der Waals surface area contributed by atoms with Crippen LogP contribution in [0.15, 0.2) is 54.6 Å². The number of aliphatic hydroxyl groups excluding tert-OH is 1. The molecule has 0 fully saturated rings. The van der Waals surface area contributed by atoms with Gasteiger partial charge in [-0.05, 0) is 50.6 Å². The average Bonchev–Trinajstić information content (AvgIpc) is 2.54. The standard InChI is InChI=1S/C16H13N2.C5H8O2.Ir/c1-11-5-6-14-12(2)9-15(18-16(14)8-11)13-4-3-7-17-10-13;1-4(6)3-5(2)7;/h3,5-10H,1-2H3;3,6H,1-2H3;/q-1;;/b;4-3-;. The van der Waals surface area contributed by atoms with Gasteiger partial charge in [-0.3, -0.25) is 9.78 Å². The van der Waals surface area contributed by atoms with Crippen LogP contribution in [0.5, 0.6) is 0 Å². The first-order valence-corrected chi connectivity index (χ1v) is 7.94. The molecule has 5 heteroatoms. The number of carbonyl (C=O) groups is 1. The van der Waals surface area contributed by atoms with Gasteiger partial charge in [0.1, 0.15) is 0 Å². The van der Waals surface area contributed by atoms with Crippen molar-refractivity contribution in [2.45, 2.75) is 27.7 Å². The largest absolute Gasteiger partial charge is 0.512 e. The summed E-state index contributed by atoms with van der Waals surface area (Å²) in [5.41, 5.74) is 5.35. The summed E-state index contributed by atoms with van der Waals surface area (Å²) in [6, 6.07) is 13.4. The molecule has 0 amide bonds. The number of hydrogen-bond acceptors (Lipinski definition) is 4. The number of fused-ring (bicyclic) bond motifs is 1. The number of ketones is 1. The number of carbonyl (C=O) groups excluding carboxylic acids is 1. The SMILES string of the molecule is CC(=O)/C=C(/C)O.Cc1ccc2c(C)cc(-c3[c-]ccnc3)nc2c1.[Ir]. The second-order valence-corrected chi connectivity index (χ2v) is 5.89. The van der Waals surface area contributed by atoms with E-state index in [9.17, 15) is 4.79 Å². The van der Waals surface area contributed by atoms with Crippen LogP contribution >= 0.6 is 0 Å². The minimum absolute atomic E-state index is 0. The van der Waals surface area contributed by atoms with Crippen LogP contribution in [0, 0.1) is 19.9 Å². The van der Waals surface area contributed by atoms with E-state index in [-0.39, 0.29) is 31.6 Å². The van der Waals surface area contributed by atoms with Gasteiger partial charge >= 0.3 is 0 Å².